The van der Waals surface area contributed by atoms with Gasteiger partial charge in [0.15, 0.2) is 0 Å². The second kappa shape index (κ2) is 14.8. The molecule has 5 rings (SSSR count). The summed E-state index contributed by atoms with van der Waals surface area (Å²) in [5.74, 6) is 3.19. The Morgan fingerprint density at radius 3 is 1.36 bits per heavy atom. The van der Waals surface area contributed by atoms with Crippen molar-refractivity contribution in [3.05, 3.63) is 128 Å². The lowest BCUT2D eigenvalue weighted by Gasteiger charge is -2.41. The number of unbranched alkanes of at least 4 members (excludes halogenated alkanes) is 4. The van der Waals surface area contributed by atoms with Gasteiger partial charge in [-0.25, -0.2) is 0 Å². The van der Waals surface area contributed by atoms with Gasteiger partial charge in [0.1, 0.15) is 23.0 Å². The average Bonchev–Trinajstić information content (AvgIpc) is 3.06. The summed E-state index contributed by atoms with van der Waals surface area (Å²) in [5, 5.41) is 22.0. The van der Waals surface area contributed by atoms with Crippen LogP contribution in [0.25, 0.3) is 0 Å². The maximum absolute atomic E-state index is 11.0. The third kappa shape index (κ3) is 8.06. The lowest BCUT2D eigenvalue weighted by Crippen LogP contribution is -2.33. The van der Waals surface area contributed by atoms with E-state index in [1.54, 1.807) is 24.3 Å². The van der Waals surface area contributed by atoms with Crippen molar-refractivity contribution in [3.8, 4) is 23.0 Å². The molecule has 1 aliphatic carbocycles. The molecule has 234 valence electrons. The molecule has 8 heteroatoms. The Kier molecular flexibility index (Phi) is 10.5. The summed E-state index contributed by atoms with van der Waals surface area (Å²) in [6.07, 6.45) is 12.3. The minimum atomic E-state index is -0.423. The van der Waals surface area contributed by atoms with E-state index in [1.165, 1.54) is 86.8 Å². The summed E-state index contributed by atoms with van der Waals surface area (Å²) < 4.78 is 12.0. The Bertz CT molecular complexity index is 1440. The van der Waals surface area contributed by atoms with E-state index in [0.717, 1.165) is 18.8 Å². The first kappa shape index (κ1) is 31.7. The van der Waals surface area contributed by atoms with Crippen molar-refractivity contribution >= 4 is 11.4 Å². The van der Waals surface area contributed by atoms with Gasteiger partial charge in [0.25, 0.3) is 11.4 Å². The van der Waals surface area contributed by atoms with Crippen molar-refractivity contribution in [1.82, 2.24) is 0 Å². The van der Waals surface area contributed by atoms with Gasteiger partial charge < -0.3 is 9.47 Å². The predicted octanol–water partition coefficient (Wildman–Crippen LogP) is 10.9. The molecule has 0 saturated heterocycles. The van der Waals surface area contributed by atoms with Gasteiger partial charge in [0, 0.05) is 29.7 Å². The van der Waals surface area contributed by atoms with E-state index in [-0.39, 0.29) is 16.8 Å². The predicted molar refractivity (Wildman–Crippen MR) is 175 cm³/mol. The molecule has 4 aromatic carbocycles. The second-order valence-electron chi connectivity index (χ2n) is 12.0. The normalized spacial score (nSPS) is 14.5. The molecule has 1 saturated carbocycles. The van der Waals surface area contributed by atoms with Crippen molar-refractivity contribution in [2.24, 2.45) is 5.92 Å². The Labute approximate surface area is 264 Å². The third-order valence-electron chi connectivity index (χ3n) is 9.05. The Morgan fingerprint density at radius 1 is 0.600 bits per heavy atom. The van der Waals surface area contributed by atoms with Crippen LogP contribution >= 0.6 is 0 Å². The third-order valence-corrected chi connectivity index (χ3v) is 9.05. The number of nitrogens with zero attached hydrogens (tertiary/aromatic N) is 2. The van der Waals surface area contributed by atoms with Crippen molar-refractivity contribution in [1.29, 1.82) is 0 Å². The lowest BCUT2D eigenvalue weighted by atomic mass is 9.62. The number of non-ortho nitro benzene ring substituents is 2. The van der Waals surface area contributed by atoms with Crippen LogP contribution in [-0.4, -0.2) is 9.85 Å². The zero-order valence-electron chi connectivity index (χ0n) is 25.7. The number of hydrogen-bond donors (Lipinski definition) is 0. The number of nitro benzene ring substituents is 2. The van der Waals surface area contributed by atoms with E-state index in [0.29, 0.717) is 23.0 Å². The summed E-state index contributed by atoms with van der Waals surface area (Å²) >= 11 is 0. The minimum absolute atomic E-state index is 0.0281. The van der Waals surface area contributed by atoms with E-state index in [4.69, 9.17) is 9.47 Å². The fraction of sp³-hybridized carbons (Fsp3) is 0.351. The quantitative estimate of drug-likeness (QED) is 0.0801. The fourth-order valence-corrected chi connectivity index (χ4v) is 6.47. The van der Waals surface area contributed by atoms with Crippen LogP contribution in [0, 0.1) is 26.1 Å². The summed E-state index contributed by atoms with van der Waals surface area (Å²) in [6, 6.07) is 28.7. The molecular formula is C37H40N2O6. The van der Waals surface area contributed by atoms with Gasteiger partial charge in [-0.2, -0.15) is 0 Å². The molecule has 0 unspecified atom stereocenters. The van der Waals surface area contributed by atoms with E-state index >= 15 is 0 Å². The average molecular weight is 609 g/mol. The maximum atomic E-state index is 11.0. The number of benzene rings is 4. The van der Waals surface area contributed by atoms with Crippen LogP contribution in [0.4, 0.5) is 11.4 Å². The van der Waals surface area contributed by atoms with E-state index in [9.17, 15) is 20.2 Å². The van der Waals surface area contributed by atoms with Crippen LogP contribution in [0.15, 0.2) is 97.1 Å². The SMILES string of the molecule is CCCCCCCC1CCC(c2ccc(Oc3ccc([N+](=O)[O-])cc3)cc2)(c2ccc(Oc3ccc([N+](=O)[O-])cc3)cc2)CC1. The number of ether oxygens (including phenoxy) is 2. The Balaban J connectivity index is 1.33. The van der Waals surface area contributed by atoms with E-state index < -0.39 is 9.85 Å². The molecular weight excluding hydrogens is 568 g/mol. The zero-order chi connectivity index (χ0) is 31.6. The highest BCUT2D eigenvalue weighted by atomic mass is 16.6. The largest absolute Gasteiger partial charge is 0.457 e. The standard InChI is InChI=1S/C37H40N2O6/c1-2-3-4-5-6-7-28-24-26-37(27-25-28,29-8-16-33(17-9-29)44-35-20-12-31(13-21-35)38(40)41)30-10-18-34(19-11-30)45-36-22-14-32(15-23-36)39(42)43/h8-23,28H,2-7,24-27H2,1H3. The molecule has 1 fully saturated rings. The highest BCUT2D eigenvalue weighted by molar-refractivity contribution is 5.46. The second-order valence-corrected chi connectivity index (χ2v) is 12.0. The van der Waals surface area contributed by atoms with Crippen molar-refractivity contribution in [2.75, 3.05) is 0 Å². The van der Waals surface area contributed by atoms with Crippen molar-refractivity contribution in [2.45, 2.75) is 76.5 Å². The van der Waals surface area contributed by atoms with E-state index in [2.05, 4.69) is 31.2 Å². The van der Waals surface area contributed by atoms with Gasteiger partial charge >= 0.3 is 0 Å². The first-order chi connectivity index (χ1) is 21.9. The number of rotatable bonds is 14. The van der Waals surface area contributed by atoms with Crippen LogP contribution in [0.5, 0.6) is 23.0 Å². The van der Waals surface area contributed by atoms with Gasteiger partial charge in [-0.05, 0) is 91.3 Å². The molecule has 8 nitrogen and oxygen atoms in total. The molecule has 0 bridgehead atoms. The molecule has 1 aliphatic rings. The summed E-state index contributed by atoms with van der Waals surface area (Å²) in [6.45, 7) is 2.25. The van der Waals surface area contributed by atoms with Gasteiger partial charge in [0.05, 0.1) is 9.85 Å². The van der Waals surface area contributed by atoms with Crippen LogP contribution in [0.2, 0.25) is 0 Å². The summed E-state index contributed by atoms with van der Waals surface area (Å²) in [5.41, 5.74) is 2.39. The monoisotopic (exact) mass is 608 g/mol. The number of nitro groups is 2. The molecule has 4 aromatic rings. The zero-order valence-corrected chi connectivity index (χ0v) is 25.7. The fourth-order valence-electron chi connectivity index (χ4n) is 6.47. The van der Waals surface area contributed by atoms with E-state index in [1.807, 2.05) is 24.3 Å². The first-order valence-corrected chi connectivity index (χ1v) is 15.9. The van der Waals surface area contributed by atoms with Crippen LogP contribution in [-0.2, 0) is 5.41 Å². The van der Waals surface area contributed by atoms with Gasteiger partial charge in [-0.15, -0.1) is 0 Å². The minimum Gasteiger partial charge on any atom is -0.457 e. The lowest BCUT2D eigenvalue weighted by molar-refractivity contribution is -0.385. The topological polar surface area (TPSA) is 105 Å². The van der Waals surface area contributed by atoms with Crippen LogP contribution in [0.1, 0.15) is 82.3 Å². The molecule has 0 heterocycles. The van der Waals surface area contributed by atoms with Crippen LogP contribution in [0.3, 0.4) is 0 Å². The van der Waals surface area contributed by atoms with Gasteiger partial charge in [-0.1, -0.05) is 69.7 Å². The molecule has 0 spiro atoms. The van der Waals surface area contributed by atoms with Crippen molar-refractivity contribution < 1.29 is 19.3 Å². The maximum Gasteiger partial charge on any atom is 0.269 e. The molecule has 0 aromatic heterocycles. The molecule has 0 radical (unpaired) electrons. The molecule has 0 amide bonds. The Morgan fingerprint density at radius 2 is 0.978 bits per heavy atom. The van der Waals surface area contributed by atoms with Gasteiger partial charge in [0.2, 0.25) is 0 Å². The molecule has 45 heavy (non-hydrogen) atoms. The van der Waals surface area contributed by atoms with Crippen molar-refractivity contribution in [3.63, 3.8) is 0 Å². The highest BCUT2D eigenvalue weighted by Crippen LogP contribution is 2.48. The van der Waals surface area contributed by atoms with Crippen LogP contribution < -0.4 is 9.47 Å². The summed E-state index contributed by atoms with van der Waals surface area (Å²) in [7, 11) is 0. The molecule has 0 aliphatic heterocycles. The van der Waals surface area contributed by atoms with Gasteiger partial charge in [-0.3, -0.25) is 20.2 Å². The Hall–Kier alpha value is -4.72. The highest BCUT2D eigenvalue weighted by Gasteiger charge is 2.38. The summed E-state index contributed by atoms with van der Waals surface area (Å²) in [4.78, 5) is 21.1. The first-order valence-electron chi connectivity index (χ1n) is 15.9. The molecule has 0 N–H and O–H groups in total. The smallest absolute Gasteiger partial charge is 0.269 e. The molecule has 0 atom stereocenters. The number of hydrogen-bond acceptors (Lipinski definition) is 6.